The fourth-order valence-corrected chi connectivity index (χ4v) is 2.33. The number of hydrogen-bond acceptors (Lipinski definition) is 6. The number of amides is 1. The van der Waals surface area contributed by atoms with Crippen LogP contribution >= 0.6 is 0 Å². The van der Waals surface area contributed by atoms with Gasteiger partial charge in [-0.15, -0.1) is 0 Å². The van der Waals surface area contributed by atoms with Crippen molar-refractivity contribution in [3.05, 3.63) is 66.3 Å². The maximum absolute atomic E-state index is 11.9. The van der Waals surface area contributed by atoms with Gasteiger partial charge in [0.2, 0.25) is 11.9 Å². The van der Waals surface area contributed by atoms with Crippen molar-refractivity contribution < 1.29 is 9.21 Å². The SMILES string of the molecule is Cc1cc(N(C)C)nc(Nc2ccc(NC(=O)/C=C/c3ccco3)cc2)n1. The van der Waals surface area contributed by atoms with Crippen LogP contribution in [0.5, 0.6) is 0 Å². The molecule has 2 heterocycles. The molecule has 0 spiro atoms. The molecule has 0 atom stereocenters. The van der Waals surface area contributed by atoms with E-state index in [0.29, 0.717) is 17.4 Å². The van der Waals surface area contributed by atoms with E-state index >= 15 is 0 Å². The van der Waals surface area contributed by atoms with Crippen molar-refractivity contribution in [3.63, 3.8) is 0 Å². The molecule has 7 heteroatoms. The lowest BCUT2D eigenvalue weighted by molar-refractivity contribution is -0.111. The van der Waals surface area contributed by atoms with Gasteiger partial charge in [0.25, 0.3) is 0 Å². The van der Waals surface area contributed by atoms with Gasteiger partial charge in [-0.2, -0.15) is 4.98 Å². The van der Waals surface area contributed by atoms with Crippen LogP contribution in [-0.2, 0) is 4.79 Å². The van der Waals surface area contributed by atoms with Gasteiger partial charge in [-0.3, -0.25) is 4.79 Å². The largest absolute Gasteiger partial charge is 0.465 e. The highest BCUT2D eigenvalue weighted by Crippen LogP contribution is 2.19. The van der Waals surface area contributed by atoms with Gasteiger partial charge >= 0.3 is 0 Å². The lowest BCUT2D eigenvalue weighted by Crippen LogP contribution is -2.12. The molecule has 0 radical (unpaired) electrons. The summed E-state index contributed by atoms with van der Waals surface area (Å²) in [5, 5.41) is 5.97. The molecule has 2 aromatic heterocycles. The number of anilines is 4. The third kappa shape index (κ3) is 5.18. The summed E-state index contributed by atoms with van der Waals surface area (Å²) in [6.07, 6.45) is 4.60. The summed E-state index contributed by atoms with van der Waals surface area (Å²) in [5.41, 5.74) is 2.40. The van der Waals surface area contributed by atoms with Crippen LogP contribution in [0.3, 0.4) is 0 Å². The van der Waals surface area contributed by atoms with Crippen LogP contribution in [0.25, 0.3) is 6.08 Å². The molecule has 0 saturated heterocycles. The van der Waals surface area contributed by atoms with E-state index in [4.69, 9.17) is 4.42 Å². The zero-order valence-electron chi connectivity index (χ0n) is 15.4. The number of nitrogens with one attached hydrogen (secondary N) is 2. The van der Waals surface area contributed by atoms with Crippen LogP contribution in [-0.4, -0.2) is 30.0 Å². The minimum atomic E-state index is -0.232. The molecule has 0 fully saturated rings. The second-order valence-corrected chi connectivity index (χ2v) is 6.13. The molecule has 0 aliphatic heterocycles. The highest BCUT2D eigenvalue weighted by Gasteiger charge is 2.05. The van der Waals surface area contributed by atoms with Crippen molar-refractivity contribution in [2.45, 2.75) is 6.92 Å². The summed E-state index contributed by atoms with van der Waals surface area (Å²) in [5.74, 6) is 1.75. The molecule has 0 aliphatic rings. The van der Waals surface area contributed by atoms with Crippen molar-refractivity contribution in [1.29, 1.82) is 0 Å². The molecule has 1 aromatic carbocycles. The van der Waals surface area contributed by atoms with Gasteiger partial charge in [0.05, 0.1) is 6.26 Å². The van der Waals surface area contributed by atoms with Crippen molar-refractivity contribution in [2.75, 3.05) is 29.6 Å². The van der Waals surface area contributed by atoms with E-state index in [2.05, 4.69) is 20.6 Å². The maximum Gasteiger partial charge on any atom is 0.248 e. The Labute approximate surface area is 157 Å². The highest BCUT2D eigenvalue weighted by atomic mass is 16.3. The number of aryl methyl sites for hydroxylation is 1. The Balaban J connectivity index is 1.63. The predicted molar refractivity (Wildman–Crippen MR) is 107 cm³/mol. The number of carbonyl (C=O) groups is 1. The second-order valence-electron chi connectivity index (χ2n) is 6.13. The molecule has 0 aliphatic carbocycles. The maximum atomic E-state index is 11.9. The average molecular weight is 363 g/mol. The summed E-state index contributed by atoms with van der Waals surface area (Å²) in [7, 11) is 3.87. The first-order valence-electron chi connectivity index (χ1n) is 8.42. The van der Waals surface area contributed by atoms with Crippen LogP contribution in [0.15, 0.2) is 59.2 Å². The molecule has 3 rings (SSSR count). The Morgan fingerprint density at radius 2 is 1.85 bits per heavy atom. The molecule has 3 aromatic rings. The van der Waals surface area contributed by atoms with Gasteiger partial charge < -0.3 is 20.0 Å². The van der Waals surface area contributed by atoms with E-state index in [1.807, 2.05) is 56.3 Å². The minimum Gasteiger partial charge on any atom is -0.465 e. The third-order valence-electron chi connectivity index (χ3n) is 3.65. The Morgan fingerprint density at radius 3 is 2.52 bits per heavy atom. The standard InChI is InChI=1S/C20H21N5O2/c1-14-13-18(25(2)3)24-20(21-14)23-16-8-6-15(7-9-16)22-19(26)11-10-17-5-4-12-27-17/h4-13H,1-3H3,(H,22,26)(H,21,23,24)/b11-10+. The zero-order valence-corrected chi connectivity index (χ0v) is 15.4. The number of carbonyl (C=O) groups excluding carboxylic acids is 1. The Kier molecular flexibility index (Phi) is 5.51. The van der Waals surface area contributed by atoms with E-state index in [0.717, 1.165) is 17.2 Å². The first-order chi connectivity index (χ1) is 13.0. The third-order valence-corrected chi connectivity index (χ3v) is 3.65. The number of nitrogens with zero attached hydrogens (tertiary/aromatic N) is 3. The Bertz CT molecular complexity index is 932. The summed E-state index contributed by atoms with van der Waals surface area (Å²) < 4.78 is 5.15. The molecule has 0 unspecified atom stereocenters. The summed E-state index contributed by atoms with van der Waals surface area (Å²) in [6.45, 7) is 1.93. The number of rotatable bonds is 6. The molecule has 138 valence electrons. The quantitative estimate of drug-likeness (QED) is 0.648. The highest BCUT2D eigenvalue weighted by molar-refractivity contribution is 6.01. The lowest BCUT2D eigenvalue weighted by Gasteiger charge is -2.14. The van der Waals surface area contributed by atoms with E-state index in [-0.39, 0.29) is 5.91 Å². The average Bonchev–Trinajstić information content (AvgIpc) is 3.15. The first kappa shape index (κ1) is 18.2. The van der Waals surface area contributed by atoms with E-state index in [9.17, 15) is 4.79 Å². The van der Waals surface area contributed by atoms with E-state index < -0.39 is 0 Å². The Morgan fingerprint density at radius 1 is 1.11 bits per heavy atom. The molecule has 0 saturated carbocycles. The van der Waals surface area contributed by atoms with E-state index in [1.165, 1.54) is 6.08 Å². The fourth-order valence-electron chi connectivity index (χ4n) is 2.33. The molecular weight excluding hydrogens is 342 g/mol. The fraction of sp³-hybridized carbons (Fsp3) is 0.150. The van der Waals surface area contributed by atoms with Gasteiger partial charge in [-0.05, 0) is 49.4 Å². The molecule has 7 nitrogen and oxygen atoms in total. The topological polar surface area (TPSA) is 83.3 Å². The number of benzene rings is 1. The first-order valence-corrected chi connectivity index (χ1v) is 8.42. The Hall–Kier alpha value is -3.61. The number of furan rings is 1. The van der Waals surface area contributed by atoms with Crippen LogP contribution in [0.4, 0.5) is 23.1 Å². The van der Waals surface area contributed by atoms with E-state index in [1.54, 1.807) is 24.5 Å². The molecule has 1 amide bonds. The van der Waals surface area contributed by atoms with Crippen molar-refractivity contribution in [1.82, 2.24) is 9.97 Å². The summed E-state index contributed by atoms with van der Waals surface area (Å²) in [4.78, 5) is 22.7. The summed E-state index contributed by atoms with van der Waals surface area (Å²) >= 11 is 0. The number of aromatic nitrogens is 2. The summed E-state index contributed by atoms with van der Waals surface area (Å²) in [6, 6.07) is 12.8. The second kappa shape index (κ2) is 8.18. The molecule has 0 bridgehead atoms. The monoisotopic (exact) mass is 363 g/mol. The van der Waals surface area contributed by atoms with Gasteiger partial charge in [-0.1, -0.05) is 0 Å². The smallest absolute Gasteiger partial charge is 0.248 e. The predicted octanol–water partition coefficient (Wildman–Crippen LogP) is 3.84. The van der Waals surface area contributed by atoms with Crippen LogP contribution in [0, 0.1) is 6.92 Å². The van der Waals surface area contributed by atoms with Crippen LogP contribution < -0.4 is 15.5 Å². The van der Waals surface area contributed by atoms with Gasteiger partial charge in [0, 0.05) is 43.3 Å². The van der Waals surface area contributed by atoms with Gasteiger partial charge in [-0.25, -0.2) is 4.98 Å². The minimum absolute atomic E-state index is 0.232. The van der Waals surface area contributed by atoms with Gasteiger partial charge in [0.1, 0.15) is 11.6 Å². The molecule has 2 N–H and O–H groups in total. The normalized spacial score (nSPS) is 10.8. The van der Waals surface area contributed by atoms with Crippen molar-refractivity contribution in [3.8, 4) is 0 Å². The zero-order chi connectivity index (χ0) is 19.2. The van der Waals surface area contributed by atoms with Crippen molar-refractivity contribution in [2.24, 2.45) is 0 Å². The van der Waals surface area contributed by atoms with Crippen LogP contribution in [0.2, 0.25) is 0 Å². The van der Waals surface area contributed by atoms with Gasteiger partial charge in [0.15, 0.2) is 0 Å². The van der Waals surface area contributed by atoms with Crippen LogP contribution in [0.1, 0.15) is 11.5 Å². The molecular formula is C20H21N5O2. The van der Waals surface area contributed by atoms with Crippen molar-refractivity contribution >= 4 is 35.1 Å². The molecule has 27 heavy (non-hydrogen) atoms. The lowest BCUT2D eigenvalue weighted by atomic mass is 10.2. The number of hydrogen-bond donors (Lipinski definition) is 2.